The van der Waals surface area contributed by atoms with Crippen LogP contribution in [0.5, 0.6) is 0 Å². The summed E-state index contributed by atoms with van der Waals surface area (Å²) in [5, 5.41) is 20.7. The van der Waals surface area contributed by atoms with Crippen LogP contribution >= 0.6 is 11.3 Å². The van der Waals surface area contributed by atoms with Gasteiger partial charge in [-0.25, -0.2) is 4.39 Å². The zero-order chi connectivity index (χ0) is 19.9. The van der Waals surface area contributed by atoms with Crippen molar-refractivity contribution in [3.63, 3.8) is 0 Å². The Morgan fingerprint density at radius 2 is 1.93 bits per heavy atom. The van der Waals surface area contributed by atoms with Crippen molar-refractivity contribution < 1.29 is 19.3 Å². The van der Waals surface area contributed by atoms with Crippen molar-refractivity contribution in [2.45, 2.75) is 50.4 Å². The van der Waals surface area contributed by atoms with E-state index >= 15 is 0 Å². The number of halogens is 1. The molecule has 3 nitrogen and oxygen atoms in total. The molecular formula is C23H25FO3S. The van der Waals surface area contributed by atoms with Crippen LogP contribution in [0, 0.1) is 5.82 Å². The lowest BCUT2D eigenvalue weighted by molar-refractivity contribution is -0.113. The molecule has 2 aromatic carbocycles. The quantitative estimate of drug-likeness (QED) is 0.652. The van der Waals surface area contributed by atoms with Crippen LogP contribution in [0.2, 0.25) is 0 Å². The molecule has 1 fully saturated rings. The molecule has 2 heterocycles. The summed E-state index contributed by atoms with van der Waals surface area (Å²) >= 11 is 1.68. The van der Waals surface area contributed by atoms with Crippen molar-refractivity contribution in [2.75, 3.05) is 6.61 Å². The Hall–Kier alpha value is -1.79. The highest BCUT2D eigenvalue weighted by Gasteiger charge is 2.32. The van der Waals surface area contributed by atoms with E-state index in [1.165, 1.54) is 10.8 Å². The molecule has 148 valence electrons. The van der Waals surface area contributed by atoms with E-state index in [4.69, 9.17) is 4.74 Å². The second-order valence-corrected chi connectivity index (χ2v) is 9.15. The van der Waals surface area contributed by atoms with Gasteiger partial charge < -0.3 is 14.9 Å². The topological polar surface area (TPSA) is 49.7 Å². The van der Waals surface area contributed by atoms with E-state index in [1.807, 2.05) is 32.0 Å². The highest BCUT2D eigenvalue weighted by Crippen LogP contribution is 2.41. The van der Waals surface area contributed by atoms with Crippen LogP contribution in [0.3, 0.4) is 0 Å². The molecule has 2 N–H and O–H groups in total. The third-order valence-electron chi connectivity index (χ3n) is 5.66. The molecule has 4 rings (SSSR count). The molecule has 0 saturated carbocycles. The Kier molecular flexibility index (Phi) is 5.27. The Labute approximate surface area is 168 Å². The van der Waals surface area contributed by atoms with Crippen LogP contribution in [-0.2, 0) is 10.2 Å². The predicted molar refractivity (Wildman–Crippen MR) is 110 cm³/mol. The lowest BCUT2D eigenvalue weighted by Crippen LogP contribution is -2.33. The molecular weight excluding hydrogens is 375 g/mol. The molecule has 0 bridgehead atoms. The number of fused-ring (bicyclic) bond motifs is 1. The first-order valence-electron chi connectivity index (χ1n) is 9.62. The number of aliphatic hydroxyl groups is 2. The molecule has 3 aromatic rings. The van der Waals surface area contributed by atoms with E-state index in [0.717, 1.165) is 15.8 Å². The minimum absolute atomic E-state index is 0.130. The summed E-state index contributed by atoms with van der Waals surface area (Å²) < 4.78 is 22.0. The summed E-state index contributed by atoms with van der Waals surface area (Å²) in [5.74, 6) is -0.249. The summed E-state index contributed by atoms with van der Waals surface area (Å²) in [6.07, 6.45) is -0.393. The maximum atomic E-state index is 14.9. The predicted octanol–water partition coefficient (Wildman–Crippen LogP) is 4.94. The minimum Gasteiger partial charge on any atom is -0.394 e. The monoisotopic (exact) mass is 400 g/mol. The first-order chi connectivity index (χ1) is 13.4. The fourth-order valence-corrected chi connectivity index (χ4v) is 5.15. The SMILES string of the molecule is CC(C)(c1cc2ccccc2s1)c1cc(C2CC(O)CC(CO)O2)ccc1F. The fraction of sp³-hybridized carbons (Fsp3) is 0.391. The molecule has 1 aliphatic heterocycles. The van der Waals surface area contributed by atoms with Gasteiger partial charge in [-0.15, -0.1) is 11.3 Å². The van der Waals surface area contributed by atoms with Crippen molar-refractivity contribution in [3.8, 4) is 0 Å². The molecule has 1 aromatic heterocycles. The Morgan fingerprint density at radius 3 is 2.68 bits per heavy atom. The van der Waals surface area contributed by atoms with E-state index in [1.54, 1.807) is 17.4 Å². The van der Waals surface area contributed by atoms with Crippen molar-refractivity contribution in [3.05, 3.63) is 70.4 Å². The Balaban J connectivity index is 1.71. The maximum Gasteiger partial charge on any atom is 0.127 e. The van der Waals surface area contributed by atoms with E-state index < -0.39 is 17.6 Å². The molecule has 1 saturated heterocycles. The largest absolute Gasteiger partial charge is 0.394 e. The molecule has 0 amide bonds. The van der Waals surface area contributed by atoms with Crippen molar-refractivity contribution in [1.82, 2.24) is 0 Å². The van der Waals surface area contributed by atoms with Gasteiger partial charge in [0.1, 0.15) is 5.82 Å². The van der Waals surface area contributed by atoms with Crippen LogP contribution in [0.4, 0.5) is 4.39 Å². The highest BCUT2D eigenvalue weighted by molar-refractivity contribution is 7.19. The molecule has 3 atom stereocenters. The first-order valence-corrected chi connectivity index (χ1v) is 10.4. The lowest BCUT2D eigenvalue weighted by atomic mass is 9.81. The number of hydrogen-bond acceptors (Lipinski definition) is 4. The molecule has 0 radical (unpaired) electrons. The summed E-state index contributed by atoms with van der Waals surface area (Å²) in [7, 11) is 0. The zero-order valence-electron chi connectivity index (χ0n) is 16.1. The summed E-state index contributed by atoms with van der Waals surface area (Å²) in [6.45, 7) is 3.94. The van der Waals surface area contributed by atoms with Gasteiger partial charge in [-0.1, -0.05) is 38.1 Å². The Bertz CT molecular complexity index is 948. The van der Waals surface area contributed by atoms with Crippen molar-refractivity contribution in [1.29, 1.82) is 0 Å². The highest BCUT2D eigenvalue weighted by atomic mass is 32.1. The minimum atomic E-state index is -0.528. The number of rotatable bonds is 4. The van der Waals surface area contributed by atoms with E-state index in [-0.39, 0.29) is 18.5 Å². The fourth-order valence-electron chi connectivity index (χ4n) is 3.97. The van der Waals surface area contributed by atoms with Gasteiger partial charge in [0.25, 0.3) is 0 Å². The van der Waals surface area contributed by atoms with Gasteiger partial charge in [0.05, 0.1) is 24.9 Å². The summed E-state index contributed by atoms with van der Waals surface area (Å²) in [5.41, 5.74) is 0.941. The summed E-state index contributed by atoms with van der Waals surface area (Å²) in [4.78, 5) is 1.10. The maximum absolute atomic E-state index is 14.9. The van der Waals surface area contributed by atoms with Gasteiger partial charge in [0.15, 0.2) is 0 Å². The number of ether oxygens (including phenoxy) is 1. The van der Waals surface area contributed by atoms with Gasteiger partial charge in [0, 0.05) is 27.8 Å². The average molecular weight is 401 g/mol. The number of thiophene rings is 1. The first kappa shape index (κ1) is 19.5. The summed E-state index contributed by atoms with van der Waals surface area (Å²) in [6, 6.07) is 15.4. The molecule has 0 spiro atoms. The molecule has 0 aliphatic carbocycles. The molecule has 3 unspecified atom stereocenters. The third-order valence-corrected chi connectivity index (χ3v) is 7.10. The van der Waals surface area contributed by atoms with E-state index in [9.17, 15) is 14.6 Å². The third kappa shape index (κ3) is 3.60. The van der Waals surface area contributed by atoms with E-state index in [0.29, 0.717) is 18.4 Å². The average Bonchev–Trinajstić information content (AvgIpc) is 3.13. The Morgan fingerprint density at radius 1 is 1.14 bits per heavy atom. The number of benzene rings is 2. The van der Waals surface area contributed by atoms with Gasteiger partial charge in [-0.05, 0) is 40.8 Å². The lowest BCUT2D eigenvalue weighted by Gasteiger charge is -2.33. The van der Waals surface area contributed by atoms with Crippen LogP contribution in [0.1, 0.15) is 48.8 Å². The second kappa shape index (κ2) is 7.56. The zero-order valence-corrected chi connectivity index (χ0v) is 16.9. The van der Waals surface area contributed by atoms with Gasteiger partial charge >= 0.3 is 0 Å². The van der Waals surface area contributed by atoms with Crippen LogP contribution in [0.25, 0.3) is 10.1 Å². The van der Waals surface area contributed by atoms with Crippen molar-refractivity contribution >= 4 is 21.4 Å². The van der Waals surface area contributed by atoms with Crippen molar-refractivity contribution in [2.24, 2.45) is 0 Å². The molecule has 1 aliphatic rings. The standard InChI is InChI=1S/C23H25FO3S/c1-23(2,22-10-15-5-3-4-6-21(15)28-22)18-9-14(7-8-19(18)24)20-12-16(26)11-17(13-25)27-20/h3-10,16-17,20,25-26H,11-13H2,1-2H3. The molecule has 28 heavy (non-hydrogen) atoms. The molecule has 5 heteroatoms. The van der Waals surface area contributed by atoms with Crippen LogP contribution in [0.15, 0.2) is 48.5 Å². The van der Waals surface area contributed by atoms with Gasteiger partial charge in [-0.3, -0.25) is 0 Å². The van der Waals surface area contributed by atoms with Gasteiger partial charge in [0.2, 0.25) is 0 Å². The second-order valence-electron chi connectivity index (χ2n) is 8.07. The van der Waals surface area contributed by atoms with Crippen LogP contribution in [-0.4, -0.2) is 29.0 Å². The normalized spacial score (nSPS) is 23.2. The number of hydrogen-bond donors (Lipinski definition) is 2. The number of aliphatic hydroxyl groups excluding tert-OH is 2. The smallest absolute Gasteiger partial charge is 0.127 e. The van der Waals surface area contributed by atoms with E-state index in [2.05, 4.69) is 18.2 Å². The van der Waals surface area contributed by atoms with Gasteiger partial charge in [-0.2, -0.15) is 0 Å². The van der Waals surface area contributed by atoms with Crippen LogP contribution < -0.4 is 0 Å².